The van der Waals surface area contributed by atoms with E-state index in [2.05, 4.69) is 4.90 Å². The fourth-order valence-corrected chi connectivity index (χ4v) is 2.13. The van der Waals surface area contributed by atoms with Gasteiger partial charge >= 0.3 is 7.48 Å². The Kier molecular flexibility index (Phi) is 5.06. The summed E-state index contributed by atoms with van der Waals surface area (Å²) in [7, 11) is 3.50. The van der Waals surface area contributed by atoms with Crippen molar-refractivity contribution in [2.45, 2.75) is 38.9 Å². The van der Waals surface area contributed by atoms with E-state index in [1.54, 1.807) is 26.2 Å². The number of carbonyl (C=O) groups excluding carboxylic acids is 1. The standard InChI is InChI=1S/C17H26BN2O3/c1-16(2,22)17(3,4)23-18-13-7-6-8-14(11-13)20-10-9-19(5)15(21)12-20/h6-8,11,22H,9-10,12H2,1-5H3. The molecule has 0 bridgehead atoms. The maximum Gasteiger partial charge on any atom is 0.330 e. The molecule has 1 aliphatic heterocycles. The number of amides is 1. The van der Waals surface area contributed by atoms with Crippen LogP contribution in [0.25, 0.3) is 0 Å². The molecule has 0 saturated carbocycles. The van der Waals surface area contributed by atoms with Gasteiger partial charge in [-0.1, -0.05) is 17.6 Å². The lowest BCUT2D eigenvalue weighted by molar-refractivity contribution is -0.129. The molecule has 6 heteroatoms. The second kappa shape index (κ2) is 6.53. The van der Waals surface area contributed by atoms with E-state index in [4.69, 9.17) is 4.65 Å². The molecular weight excluding hydrogens is 291 g/mol. The van der Waals surface area contributed by atoms with Gasteiger partial charge < -0.3 is 19.6 Å². The molecule has 0 unspecified atom stereocenters. The van der Waals surface area contributed by atoms with Crippen LogP contribution in [0, 0.1) is 0 Å². The molecule has 125 valence electrons. The van der Waals surface area contributed by atoms with Crippen molar-refractivity contribution in [1.82, 2.24) is 4.90 Å². The highest BCUT2D eigenvalue weighted by molar-refractivity contribution is 6.47. The SMILES string of the molecule is CN1CCN(c2cccc([B]OC(C)(C)C(C)(C)O)c2)CC1=O. The molecule has 1 saturated heterocycles. The molecule has 1 aliphatic rings. The van der Waals surface area contributed by atoms with E-state index in [0.29, 0.717) is 6.54 Å². The number of aliphatic hydroxyl groups is 1. The fraction of sp³-hybridized carbons (Fsp3) is 0.588. The van der Waals surface area contributed by atoms with E-state index in [1.807, 2.05) is 45.2 Å². The molecule has 1 amide bonds. The van der Waals surface area contributed by atoms with Crippen molar-refractivity contribution in [1.29, 1.82) is 0 Å². The Hall–Kier alpha value is -1.53. The Labute approximate surface area is 139 Å². The zero-order valence-corrected chi connectivity index (χ0v) is 14.7. The zero-order chi connectivity index (χ0) is 17.3. The van der Waals surface area contributed by atoms with Gasteiger partial charge in [0, 0.05) is 25.8 Å². The number of likely N-dealkylation sites (N-methyl/N-ethyl adjacent to an activating group) is 1. The second-order valence-electron chi connectivity index (χ2n) is 7.14. The summed E-state index contributed by atoms with van der Waals surface area (Å²) in [5.41, 5.74) is 0.258. The monoisotopic (exact) mass is 317 g/mol. The van der Waals surface area contributed by atoms with Crippen LogP contribution in [0.4, 0.5) is 5.69 Å². The number of rotatable bonds is 5. The third kappa shape index (κ3) is 4.27. The van der Waals surface area contributed by atoms with Crippen molar-refractivity contribution in [2.75, 3.05) is 31.6 Å². The number of hydrogen-bond donors (Lipinski definition) is 1. The smallest absolute Gasteiger partial charge is 0.330 e. The lowest BCUT2D eigenvalue weighted by Crippen LogP contribution is -2.49. The van der Waals surface area contributed by atoms with Crippen molar-refractivity contribution in [3.63, 3.8) is 0 Å². The average Bonchev–Trinajstić information content (AvgIpc) is 2.47. The molecule has 0 atom stereocenters. The number of carbonyl (C=O) groups is 1. The Morgan fingerprint density at radius 2 is 1.91 bits per heavy atom. The van der Waals surface area contributed by atoms with E-state index in [-0.39, 0.29) is 5.91 Å². The highest BCUT2D eigenvalue weighted by Gasteiger charge is 2.35. The molecule has 1 heterocycles. The van der Waals surface area contributed by atoms with Crippen molar-refractivity contribution in [3.8, 4) is 0 Å². The molecule has 1 fully saturated rings. The molecule has 1 aromatic carbocycles. The molecule has 2 rings (SSSR count). The van der Waals surface area contributed by atoms with Gasteiger partial charge in [-0.25, -0.2) is 0 Å². The summed E-state index contributed by atoms with van der Waals surface area (Å²) in [4.78, 5) is 15.7. The summed E-state index contributed by atoms with van der Waals surface area (Å²) in [6, 6.07) is 7.89. The van der Waals surface area contributed by atoms with E-state index in [1.165, 1.54) is 0 Å². The summed E-state index contributed by atoms with van der Waals surface area (Å²) >= 11 is 0. The third-order valence-electron chi connectivity index (χ3n) is 4.66. The van der Waals surface area contributed by atoms with Crippen LogP contribution in [0.2, 0.25) is 0 Å². The predicted octanol–water partition coefficient (Wildman–Crippen LogP) is 0.776. The molecular formula is C17H26BN2O3. The minimum absolute atomic E-state index is 0.130. The number of anilines is 1. The number of hydrogen-bond acceptors (Lipinski definition) is 4. The molecule has 0 spiro atoms. The van der Waals surface area contributed by atoms with Crippen molar-refractivity contribution in [2.24, 2.45) is 0 Å². The van der Waals surface area contributed by atoms with Gasteiger partial charge in [-0.15, -0.1) is 0 Å². The molecule has 1 aromatic rings. The van der Waals surface area contributed by atoms with Crippen LogP contribution >= 0.6 is 0 Å². The van der Waals surface area contributed by atoms with Gasteiger partial charge in [0.25, 0.3) is 0 Å². The normalized spacial score (nSPS) is 16.7. The lowest BCUT2D eigenvalue weighted by Gasteiger charge is -2.37. The molecule has 0 aromatic heterocycles. The second-order valence-corrected chi connectivity index (χ2v) is 7.14. The first-order valence-electron chi connectivity index (χ1n) is 7.92. The van der Waals surface area contributed by atoms with E-state index < -0.39 is 11.2 Å². The molecule has 23 heavy (non-hydrogen) atoms. The van der Waals surface area contributed by atoms with E-state index in [9.17, 15) is 9.90 Å². The first-order chi connectivity index (χ1) is 10.6. The van der Waals surface area contributed by atoms with Crippen LogP contribution in [-0.2, 0) is 9.45 Å². The maximum atomic E-state index is 11.9. The number of benzene rings is 1. The minimum Gasteiger partial charge on any atom is -0.427 e. The van der Waals surface area contributed by atoms with Crippen LogP contribution in [0.3, 0.4) is 0 Å². The van der Waals surface area contributed by atoms with Crippen molar-refractivity contribution >= 4 is 24.5 Å². The predicted molar refractivity (Wildman–Crippen MR) is 93.1 cm³/mol. The van der Waals surface area contributed by atoms with Crippen LogP contribution in [0.1, 0.15) is 27.7 Å². The fourth-order valence-electron chi connectivity index (χ4n) is 2.13. The Bertz CT molecular complexity index is 569. The van der Waals surface area contributed by atoms with E-state index >= 15 is 0 Å². The molecule has 5 nitrogen and oxygen atoms in total. The molecule has 1 N–H and O–H groups in total. The van der Waals surface area contributed by atoms with Gasteiger partial charge in [-0.2, -0.15) is 0 Å². The third-order valence-corrected chi connectivity index (χ3v) is 4.66. The van der Waals surface area contributed by atoms with Crippen LogP contribution in [-0.4, -0.2) is 61.3 Å². The van der Waals surface area contributed by atoms with Gasteiger partial charge in [0.2, 0.25) is 5.91 Å². The van der Waals surface area contributed by atoms with Crippen LogP contribution in [0.5, 0.6) is 0 Å². The van der Waals surface area contributed by atoms with Gasteiger partial charge in [-0.05, 0) is 39.8 Å². The zero-order valence-electron chi connectivity index (χ0n) is 14.7. The highest BCUT2D eigenvalue weighted by atomic mass is 16.5. The van der Waals surface area contributed by atoms with Gasteiger partial charge in [0.15, 0.2) is 0 Å². The summed E-state index contributed by atoms with van der Waals surface area (Å²) in [5.74, 6) is 0.130. The quantitative estimate of drug-likeness (QED) is 0.816. The van der Waals surface area contributed by atoms with Crippen LogP contribution < -0.4 is 10.4 Å². The maximum absolute atomic E-state index is 11.9. The van der Waals surface area contributed by atoms with Crippen molar-refractivity contribution < 1.29 is 14.6 Å². The van der Waals surface area contributed by atoms with E-state index in [0.717, 1.165) is 24.2 Å². The topological polar surface area (TPSA) is 53.0 Å². The largest absolute Gasteiger partial charge is 0.427 e. The average molecular weight is 317 g/mol. The summed E-state index contributed by atoms with van der Waals surface area (Å²) in [6.45, 7) is 9.12. The Morgan fingerprint density at radius 1 is 1.22 bits per heavy atom. The first-order valence-corrected chi connectivity index (χ1v) is 7.92. The number of nitrogens with zero attached hydrogens (tertiary/aromatic N) is 2. The summed E-state index contributed by atoms with van der Waals surface area (Å²) < 4.78 is 5.79. The summed E-state index contributed by atoms with van der Waals surface area (Å²) in [5, 5.41) is 10.1. The molecule has 1 radical (unpaired) electrons. The molecule has 0 aliphatic carbocycles. The van der Waals surface area contributed by atoms with Gasteiger partial charge in [-0.3, -0.25) is 4.79 Å². The van der Waals surface area contributed by atoms with Crippen molar-refractivity contribution in [3.05, 3.63) is 24.3 Å². The Morgan fingerprint density at radius 3 is 2.52 bits per heavy atom. The minimum atomic E-state index is -0.953. The first kappa shape index (κ1) is 17.8. The number of piperazine rings is 1. The van der Waals surface area contributed by atoms with Crippen LogP contribution in [0.15, 0.2) is 24.3 Å². The van der Waals surface area contributed by atoms with Gasteiger partial charge in [0.05, 0.1) is 17.7 Å². The van der Waals surface area contributed by atoms with Gasteiger partial charge in [0.1, 0.15) is 0 Å². The lowest BCUT2D eigenvalue weighted by atomic mass is 9.82. The Balaban J connectivity index is 2.04. The highest BCUT2D eigenvalue weighted by Crippen LogP contribution is 2.24. The summed E-state index contributed by atoms with van der Waals surface area (Å²) in [6.07, 6.45) is 0.